The van der Waals surface area contributed by atoms with Crippen molar-refractivity contribution >= 4 is 27.5 Å². The van der Waals surface area contributed by atoms with Crippen LogP contribution in [-0.2, 0) is 11.2 Å². The van der Waals surface area contributed by atoms with Crippen LogP contribution in [0.3, 0.4) is 0 Å². The minimum Gasteiger partial charge on any atom is -0.486 e. The molecule has 7 heteroatoms. The van der Waals surface area contributed by atoms with E-state index in [9.17, 15) is 4.79 Å². The van der Waals surface area contributed by atoms with Gasteiger partial charge in [0, 0.05) is 35.0 Å². The van der Waals surface area contributed by atoms with Crippen LogP contribution in [0.4, 0.5) is 5.69 Å². The van der Waals surface area contributed by atoms with Crippen molar-refractivity contribution in [2.24, 2.45) is 0 Å². The number of carbonyl (C=O) groups is 1. The molecule has 1 N–H and O–H groups in total. The highest BCUT2D eigenvalue weighted by molar-refractivity contribution is 9.10. The number of carbonyl (C=O) groups excluding carboxylic acids is 1. The Kier molecular flexibility index (Phi) is 5.34. The number of benzene rings is 2. The lowest BCUT2D eigenvalue weighted by molar-refractivity contribution is -0.116. The number of ether oxygens (including phenoxy) is 2. The van der Waals surface area contributed by atoms with Crippen LogP contribution < -0.4 is 14.8 Å². The first-order valence-electron chi connectivity index (χ1n) is 8.99. The molecule has 0 radical (unpaired) electrons. The van der Waals surface area contributed by atoms with Gasteiger partial charge in [-0.3, -0.25) is 4.79 Å². The van der Waals surface area contributed by atoms with Crippen LogP contribution in [0.1, 0.15) is 17.9 Å². The molecule has 0 unspecified atom stereocenters. The number of anilines is 1. The highest BCUT2D eigenvalue weighted by atomic mass is 79.9. The molecule has 3 aromatic rings. The molecule has 0 saturated carbocycles. The molecule has 0 aliphatic carbocycles. The Morgan fingerprint density at radius 3 is 2.61 bits per heavy atom. The number of rotatable bonds is 5. The SMILES string of the molecule is Cc1ccc(-c2cnc(CCC(=O)Nc3cc4c(cc3Br)OCCO4)o2)cc1. The lowest BCUT2D eigenvalue weighted by Crippen LogP contribution is -2.17. The van der Waals surface area contributed by atoms with Crippen LogP contribution in [0.25, 0.3) is 11.3 Å². The van der Waals surface area contributed by atoms with Crippen LogP contribution in [-0.4, -0.2) is 24.1 Å². The lowest BCUT2D eigenvalue weighted by atomic mass is 10.1. The average molecular weight is 443 g/mol. The van der Waals surface area contributed by atoms with E-state index < -0.39 is 0 Å². The zero-order valence-electron chi connectivity index (χ0n) is 15.3. The monoisotopic (exact) mass is 442 g/mol. The first kappa shape index (κ1) is 18.6. The van der Waals surface area contributed by atoms with Crippen molar-refractivity contribution < 1.29 is 18.7 Å². The number of hydrogen-bond donors (Lipinski definition) is 1. The van der Waals surface area contributed by atoms with Gasteiger partial charge in [-0.25, -0.2) is 4.98 Å². The molecular weight excluding hydrogens is 424 g/mol. The Labute approximate surface area is 171 Å². The van der Waals surface area contributed by atoms with Crippen molar-refractivity contribution in [2.75, 3.05) is 18.5 Å². The summed E-state index contributed by atoms with van der Waals surface area (Å²) in [5, 5.41) is 2.88. The summed E-state index contributed by atoms with van der Waals surface area (Å²) in [6.45, 7) is 3.05. The van der Waals surface area contributed by atoms with E-state index in [1.807, 2.05) is 31.2 Å². The van der Waals surface area contributed by atoms with Gasteiger partial charge in [-0.15, -0.1) is 0 Å². The second-order valence-corrected chi connectivity index (χ2v) is 7.36. The van der Waals surface area contributed by atoms with Crippen LogP contribution in [0, 0.1) is 6.92 Å². The summed E-state index contributed by atoms with van der Waals surface area (Å²) >= 11 is 3.45. The van der Waals surface area contributed by atoms with Gasteiger partial charge in [0.2, 0.25) is 5.91 Å². The highest BCUT2D eigenvalue weighted by Crippen LogP contribution is 2.38. The van der Waals surface area contributed by atoms with Crippen molar-refractivity contribution in [3.63, 3.8) is 0 Å². The maximum Gasteiger partial charge on any atom is 0.224 e. The third-order valence-corrected chi connectivity index (χ3v) is 5.02. The van der Waals surface area contributed by atoms with E-state index in [0.29, 0.717) is 48.5 Å². The number of aromatic nitrogens is 1. The number of aryl methyl sites for hydroxylation is 2. The van der Waals surface area contributed by atoms with E-state index in [1.54, 1.807) is 18.3 Å². The average Bonchev–Trinajstić information content (AvgIpc) is 3.16. The molecule has 0 bridgehead atoms. The van der Waals surface area contributed by atoms with Crippen molar-refractivity contribution in [3.8, 4) is 22.8 Å². The Hall–Kier alpha value is -2.80. The third kappa shape index (κ3) is 4.20. The summed E-state index contributed by atoms with van der Waals surface area (Å²) in [6.07, 6.45) is 2.36. The lowest BCUT2D eigenvalue weighted by Gasteiger charge is -2.20. The summed E-state index contributed by atoms with van der Waals surface area (Å²) in [6, 6.07) is 11.6. The zero-order chi connectivity index (χ0) is 19.5. The van der Waals surface area contributed by atoms with E-state index in [-0.39, 0.29) is 12.3 Å². The van der Waals surface area contributed by atoms with Gasteiger partial charge in [0.1, 0.15) is 13.2 Å². The number of nitrogens with zero attached hydrogens (tertiary/aromatic N) is 1. The predicted octanol–water partition coefficient (Wildman–Crippen LogP) is 4.76. The molecule has 144 valence electrons. The molecule has 1 aliphatic heterocycles. The first-order chi connectivity index (χ1) is 13.6. The van der Waals surface area contributed by atoms with Gasteiger partial charge in [-0.2, -0.15) is 0 Å². The molecule has 0 fully saturated rings. The van der Waals surface area contributed by atoms with Gasteiger partial charge in [0.25, 0.3) is 0 Å². The Bertz CT molecular complexity index is 998. The molecule has 2 aromatic carbocycles. The molecular formula is C21H19BrN2O4. The van der Waals surface area contributed by atoms with E-state index in [4.69, 9.17) is 13.9 Å². The van der Waals surface area contributed by atoms with Crippen molar-refractivity contribution in [3.05, 3.63) is 58.5 Å². The fourth-order valence-electron chi connectivity index (χ4n) is 2.87. The smallest absolute Gasteiger partial charge is 0.224 e. The van der Waals surface area contributed by atoms with Gasteiger partial charge in [0.15, 0.2) is 23.1 Å². The predicted molar refractivity (Wildman–Crippen MR) is 109 cm³/mol. The maximum absolute atomic E-state index is 12.3. The zero-order valence-corrected chi connectivity index (χ0v) is 16.9. The van der Waals surface area contributed by atoms with Crippen molar-refractivity contribution in [1.29, 1.82) is 0 Å². The molecule has 1 aromatic heterocycles. The van der Waals surface area contributed by atoms with Gasteiger partial charge in [-0.1, -0.05) is 29.8 Å². The molecule has 2 heterocycles. The van der Waals surface area contributed by atoms with E-state index in [0.717, 1.165) is 10.0 Å². The summed E-state index contributed by atoms with van der Waals surface area (Å²) in [7, 11) is 0. The highest BCUT2D eigenvalue weighted by Gasteiger charge is 2.16. The second-order valence-electron chi connectivity index (χ2n) is 6.51. The number of oxazole rings is 1. The molecule has 0 atom stereocenters. The van der Waals surface area contributed by atoms with Crippen molar-refractivity contribution in [1.82, 2.24) is 4.98 Å². The number of fused-ring (bicyclic) bond motifs is 1. The third-order valence-electron chi connectivity index (χ3n) is 4.36. The largest absolute Gasteiger partial charge is 0.486 e. The van der Waals surface area contributed by atoms with Gasteiger partial charge >= 0.3 is 0 Å². The quantitative estimate of drug-likeness (QED) is 0.616. The maximum atomic E-state index is 12.3. The Morgan fingerprint density at radius 1 is 1.14 bits per heavy atom. The van der Waals surface area contributed by atoms with E-state index in [1.165, 1.54) is 5.56 Å². The summed E-state index contributed by atoms with van der Waals surface area (Å²) in [5.41, 5.74) is 2.79. The number of amides is 1. The van der Waals surface area contributed by atoms with Gasteiger partial charge in [0.05, 0.1) is 11.9 Å². The van der Waals surface area contributed by atoms with Gasteiger partial charge < -0.3 is 19.2 Å². The molecule has 4 rings (SSSR count). The molecule has 28 heavy (non-hydrogen) atoms. The summed E-state index contributed by atoms with van der Waals surface area (Å²) < 4.78 is 17.6. The first-order valence-corrected chi connectivity index (χ1v) is 9.78. The fraction of sp³-hybridized carbons (Fsp3) is 0.238. The molecule has 1 amide bonds. The minimum absolute atomic E-state index is 0.132. The van der Waals surface area contributed by atoms with Crippen LogP contribution in [0.2, 0.25) is 0 Å². The molecule has 6 nitrogen and oxygen atoms in total. The number of nitrogens with one attached hydrogen (secondary N) is 1. The van der Waals surface area contributed by atoms with Crippen LogP contribution in [0.15, 0.2) is 51.5 Å². The van der Waals surface area contributed by atoms with E-state index >= 15 is 0 Å². The normalized spacial score (nSPS) is 12.6. The molecule has 0 saturated heterocycles. The van der Waals surface area contributed by atoms with E-state index in [2.05, 4.69) is 26.2 Å². The fourth-order valence-corrected chi connectivity index (χ4v) is 3.29. The minimum atomic E-state index is -0.132. The van der Waals surface area contributed by atoms with Crippen molar-refractivity contribution in [2.45, 2.75) is 19.8 Å². The Morgan fingerprint density at radius 2 is 1.86 bits per heavy atom. The number of hydrogen-bond acceptors (Lipinski definition) is 5. The Balaban J connectivity index is 1.37. The standard InChI is InChI=1S/C21H19BrN2O4/c1-13-2-4-14(5-3-13)19-12-23-21(28-19)7-6-20(25)24-16-11-18-17(10-15(16)22)26-8-9-27-18/h2-5,10-12H,6-9H2,1H3,(H,24,25). The van der Waals surface area contributed by atoms with Crippen LogP contribution >= 0.6 is 15.9 Å². The number of halogens is 1. The molecule has 0 spiro atoms. The summed E-state index contributed by atoms with van der Waals surface area (Å²) in [4.78, 5) is 16.6. The van der Waals surface area contributed by atoms with Crippen LogP contribution in [0.5, 0.6) is 11.5 Å². The summed E-state index contributed by atoms with van der Waals surface area (Å²) in [5.74, 6) is 2.39. The molecule has 1 aliphatic rings. The second kappa shape index (κ2) is 8.06. The topological polar surface area (TPSA) is 73.6 Å². The van der Waals surface area contributed by atoms with Gasteiger partial charge in [-0.05, 0) is 22.9 Å².